The maximum absolute atomic E-state index is 2.45. The lowest BCUT2D eigenvalue weighted by molar-refractivity contribution is 1.18. The van der Waals surface area contributed by atoms with E-state index in [2.05, 4.69) is 228 Å². The zero-order valence-electron chi connectivity index (χ0n) is 29.7. The number of rotatable bonds is 7. The fourth-order valence-corrected chi connectivity index (χ4v) is 8.14. The molecular formula is C52H36N2. The summed E-state index contributed by atoms with van der Waals surface area (Å²) in [4.78, 5) is 2.42. The van der Waals surface area contributed by atoms with E-state index in [-0.39, 0.29) is 0 Å². The van der Waals surface area contributed by atoms with Crippen LogP contribution >= 0.6 is 0 Å². The Morgan fingerprint density at radius 1 is 0.333 bits per heavy atom. The maximum Gasteiger partial charge on any atom is 0.0562 e. The monoisotopic (exact) mass is 688 g/mol. The van der Waals surface area contributed by atoms with Gasteiger partial charge >= 0.3 is 0 Å². The van der Waals surface area contributed by atoms with E-state index in [1.165, 1.54) is 60.4 Å². The first kappa shape index (κ1) is 31.6. The molecule has 254 valence electrons. The van der Waals surface area contributed by atoms with Crippen molar-refractivity contribution in [1.29, 1.82) is 0 Å². The number of para-hydroxylation sites is 3. The third-order valence-electron chi connectivity index (χ3n) is 10.6. The number of fused-ring (bicyclic) bond motifs is 4. The summed E-state index contributed by atoms with van der Waals surface area (Å²) < 4.78 is 2.45. The summed E-state index contributed by atoms with van der Waals surface area (Å²) in [6.45, 7) is 0. The lowest BCUT2D eigenvalue weighted by Gasteiger charge is -2.27. The first-order chi connectivity index (χ1) is 26.8. The maximum atomic E-state index is 2.45. The first-order valence-corrected chi connectivity index (χ1v) is 18.5. The molecule has 54 heavy (non-hydrogen) atoms. The van der Waals surface area contributed by atoms with Gasteiger partial charge in [-0.1, -0.05) is 164 Å². The van der Waals surface area contributed by atoms with E-state index in [1.807, 2.05) is 0 Å². The minimum Gasteiger partial charge on any atom is -0.310 e. The van der Waals surface area contributed by atoms with Crippen LogP contribution in [0, 0.1) is 0 Å². The molecule has 0 N–H and O–H groups in total. The van der Waals surface area contributed by atoms with Crippen molar-refractivity contribution in [3.05, 3.63) is 218 Å². The molecule has 0 aliphatic rings. The van der Waals surface area contributed by atoms with Crippen molar-refractivity contribution in [2.45, 2.75) is 0 Å². The molecule has 0 bridgehead atoms. The highest BCUT2D eigenvalue weighted by Crippen LogP contribution is 2.45. The summed E-state index contributed by atoms with van der Waals surface area (Å²) in [6, 6.07) is 78.9. The predicted molar refractivity (Wildman–Crippen MR) is 229 cm³/mol. The van der Waals surface area contributed by atoms with Gasteiger partial charge in [0, 0.05) is 27.7 Å². The van der Waals surface area contributed by atoms with E-state index in [0.717, 1.165) is 28.3 Å². The summed E-state index contributed by atoms with van der Waals surface area (Å²) in [6.07, 6.45) is 0. The predicted octanol–water partition coefficient (Wildman–Crippen LogP) is 14.4. The second-order valence-electron chi connectivity index (χ2n) is 13.7. The van der Waals surface area contributed by atoms with Crippen molar-refractivity contribution in [2.24, 2.45) is 0 Å². The molecule has 10 rings (SSSR count). The lowest BCUT2D eigenvalue weighted by atomic mass is 9.94. The third-order valence-corrected chi connectivity index (χ3v) is 10.6. The fraction of sp³-hybridized carbons (Fsp3) is 0. The van der Waals surface area contributed by atoms with Crippen molar-refractivity contribution in [2.75, 3.05) is 4.90 Å². The van der Waals surface area contributed by atoms with Crippen molar-refractivity contribution in [3.8, 4) is 39.1 Å². The average molecular weight is 689 g/mol. The Hall–Kier alpha value is -7.16. The molecule has 0 amide bonds. The molecule has 0 radical (unpaired) electrons. The van der Waals surface area contributed by atoms with Gasteiger partial charge in [0.05, 0.1) is 22.4 Å². The molecule has 9 aromatic carbocycles. The van der Waals surface area contributed by atoms with Crippen molar-refractivity contribution in [1.82, 2.24) is 4.57 Å². The SMILES string of the molecule is c1ccc(-c2ccccc2-c2cccc(N(c3ccccc3)c3cccc4c3c3ccccc3n4-c3ccccc3-c3ccc4ccccc4c3)c2)cc1. The second kappa shape index (κ2) is 13.4. The lowest BCUT2D eigenvalue weighted by Crippen LogP contribution is -2.10. The van der Waals surface area contributed by atoms with Crippen LogP contribution in [-0.4, -0.2) is 4.57 Å². The summed E-state index contributed by atoms with van der Waals surface area (Å²) in [5.74, 6) is 0. The quantitative estimate of drug-likeness (QED) is 0.162. The highest BCUT2D eigenvalue weighted by atomic mass is 15.1. The number of nitrogens with zero attached hydrogens (tertiary/aromatic N) is 2. The zero-order valence-corrected chi connectivity index (χ0v) is 29.7. The Balaban J connectivity index is 1.20. The van der Waals surface area contributed by atoms with Crippen molar-refractivity contribution < 1.29 is 0 Å². The van der Waals surface area contributed by atoms with Crippen LogP contribution in [-0.2, 0) is 0 Å². The van der Waals surface area contributed by atoms with Crippen LogP contribution in [0.1, 0.15) is 0 Å². The van der Waals surface area contributed by atoms with E-state index in [0.29, 0.717) is 0 Å². The topological polar surface area (TPSA) is 8.17 Å². The van der Waals surface area contributed by atoms with Crippen molar-refractivity contribution in [3.63, 3.8) is 0 Å². The Bertz CT molecular complexity index is 2940. The number of aromatic nitrogens is 1. The van der Waals surface area contributed by atoms with Crippen LogP contribution in [0.2, 0.25) is 0 Å². The van der Waals surface area contributed by atoms with Gasteiger partial charge in [0.2, 0.25) is 0 Å². The molecule has 1 heterocycles. The van der Waals surface area contributed by atoms with Gasteiger partial charge in [-0.25, -0.2) is 0 Å². The smallest absolute Gasteiger partial charge is 0.0562 e. The van der Waals surface area contributed by atoms with Crippen LogP contribution in [0.25, 0.3) is 71.6 Å². The van der Waals surface area contributed by atoms with Gasteiger partial charge in [0.25, 0.3) is 0 Å². The highest BCUT2D eigenvalue weighted by Gasteiger charge is 2.22. The van der Waals surface area contributed by atoms with E-state index < -0.39 is 0 Å². The fourth-order valence-electron chi connectivity index (χ4n) is 8.14. The van der Waals surface area contributed by atoms with Crippen LogP contribution in [0.15, 0.2) is 218 Å². The number of hydrogen-bond acceptors (Lipinski definition) is 1. The molecule has 0 fully saturated rings. The third kappa shape index (κ3) is 5.44. The van der Waals surface area contributed by atoms with Gasteiger partial charge in [-0.05, 0) is 93.2 Å². The van der Waals surface area contributed by atoms with E-state index in [4.69, 9.17) is 0 Å². The molecule has 2 heteroatoms. The molecule has 0 spiro atoms. The molecule has 0 saturated heterocycles. The van der Waals surface area contributed by atoms with Crippen LogP contribution in [0.4, 0.5) is 17.1 Å². The summed E-state index contributed by atoms with van der Waals surface area (Å²) in [7, 11) is 0. The molecule has 1 aromatic heterocycles. The van der Waals surface area contributed by atoms with Crippen LogP contribution < -0.4 is 4.90 Å². The van der Waals surface area contributed by atoms with Gasteiger partial charge in [-0.3, -0.25) is 0 Å². The second-order valence-corrected chi connectivity index (χ2v) is 13.7. The Morgan fingerprint density at radius 3 is 1.74 bits per heavy atom. The van der Waals surface area contributed by atoms with E-state index in [1.54, 1.807) is 0 Å². The first-order valence-electron chi connectivity index (χ1n) is 18.5. The standard InChI is InChI=1S/C52H36N2/c1-3-18-38(19-4-1)44-25-9-10-26-45(44)40-21-15-24-43(36-40)53(42-22-5-2-6-23-42)50-31-16-32-51-52(50)47-28-12-14-30-49(47)54(51)48-29-13-11-27-46(48)41-34-33-37-17-7-8-20-39(37)35-41/h1-36H. The molecule has 2 nitrogen and oxygen atoms in total. The summed E-state index contributed by atoms with van der Waals surface area (Å²) in [5, 5.41) is 4.90. The molecule has 10 aromatic rings. The number of hydrogen-bond donors (Lipinski definition) is 0. The zero-order chi connectivity index (χ0) is 35.8. The number of anilines is 3. The Morgan fingerprint density at radius 2 is 0.907 bits per heavy atom. The van der Waals surface area contributed by atoms with Crippen LogP contribution in [0.3, 0.4) is 0 Å². The molecule has 0 unspecified atom stereocenters. The molecule has 0 saturated carbocycles. The molecule has 0 aliphatic heterocycles. The highest BCUT2D eigenvalue weighted by molar-refractivity contribution is 6.17. The van der Waals surface area contributed by atoms with Gasteiger partial charge in [-0.15, -0.1) is 0 Å². The Labute approximate surface area is 315 Å². The van der Waals surface area contributed by atoms with Crippen molar-refractivity contribution >= 4 is 49.6 Å². The van der Waals surface area contributed by atoms with Gasteiger partial charge < -0.3 is 9.47 Å². The molecule has 0 aliphatic carbocycles. The minimum absolute atomic E-state index is 1.10. The van der Waals surface area contributed by atoms with E-state index >= 15 is 0 Å². The van der Waals surface area contributed by atoms with Crippen LogP contribution in [0.5, 0.6) is 0 Å². The summed E-state index contributed by atoms with van der Waals surface area (Å²) >= 11 is 0. The number of benzene rings is 9. The van der Waals surface area contributed by atoms with Gasteiger partial charge in [0.15, 0.2) is 0 Å². The largest absolute Gasteiger partial charge is 0.310 e. The average Bonchev–Trinajstić information content (AvgIpc) is 3.59. The summed E-state index contributed by atoms with van der Waals surface area (Å²) in [5.41, 5.74) is 14.0. The Kier molecular flexibility index (Phi) is 7.85. The molecule has 0 atom stereocenters. The minimum atomic E-state index is 1.10. The van der Waals surface area contributed by atoms with Gasteiger partial charge in [0.1, 0.15) is 0 Å². The normalized spacial score (nSPS) is 11.3. The van der Waals surface area contributed by atoms with Gasteiger partial charge in [-0.2, -0.15) is 0 Å². The van der Waals surface area contributed by atoms with E-state index in [9.17, 15) is 0 Å². The molecular weight excluding hydrogens is 653 g/mol.